The van der Waals surface area contributed by atoms with Gasteiger partial charge in [0.25, 0.3) is 11.5 Å². The second-order valence-electron chi connectivity index (χ2n) is 9.41. The molecule has 1 atom stereocenters. The standard InChI is InChI=1S/C28H31F3N4O3/c1-4-14-35-26(37)23-16-34(25(36)21-7-5-19(6-8-21)17-38-3)15-13-24(23)33-27(35)32-18(2)20-9-11-22(12-10-20)28(29,30)31/h5-12,18H,4,13-17H2,1-3H3,(H,32,33). The van der Waals surface area contributed by atoms with E-state index in [0.29, 0.717) is 60.9 Å². The lowest BCUT2D eigenvalue weighted by molar-refractivity contribution is -0.137. The van der Waals surface area contributed by atoms with E-state index < -0.39 is 11.7 Å². The highest BCUT2D eigenvalue weighted by Crippen LogP contribution is 2.30. The first kappa shape index (κ1) is 27.4. The molecule has 1 amide bonds. The Morgan fingerprint density at radius 3 is 2.42 bits per heavy atom. The molecule has 1 aromatic heterocycles. The summed E-state index contributed by atoms with van der Waals surface area (Å²) in [4.78, 5) is 33.1. The van der Waals surface area contributed by atoms with Crippen molar-refractivity contribution in [3.63, 3.8) is 0 Å². The second-order valence-corrected chi connectivity index (χ2v) is 9.41. The van der Waals surface area contributed by atoms with Gasteiger partial charge in [-0.2, -0.15) is 13.2 Å². The van der Waals surface area contributed by atoms with Crippen LogP contribution in [0.5, 0.6) is 0 Å². The maximum atomic E-state index is 13.5. The normalized spacial score (nSPS) is 14.2. The van der Waals surface area contributed by atoms with Crippen molar-refractivity contribution in [3.8, 4) is 0 Å². The molecule has 4 rings (SSSR count). The first-order valence-electron chi connectivity index (χ1n) is 12.6. The number of aromatic nitrogens is 2. The molecular formula is C28H31F3N4O3. The molecule has 7 nitrogen and oxygen atoms in total. The zero-order chi connectivity index (χ0) is 27.4. The Balaban J connectivity index is 1.56. The third kappa shape index (κ3) is 5.91. The molecule has 0 saturated heterocycles. The minimum absolute atomic E-state index is 0.154. The molecule has 0 bridgehead atoms. The number of nitrogens with one attached hydrogen (secondary N) is 1. The molecule has 10 heteroatoms. The van der Waals surface area contributed by atoms with Crippen LogP contribution in [0.2, 0.25) is 0 Å². The molecule has 1 N–H and O–H groups in total. The van der Waals surface area contributed by atoms with Crippen LogP contribution in [0.25, 0.3) is 0 Å². The fourth-order valence-corrected chi connectivity index (χ4v) is 4.56. The van der Waals surface area contributed by atoms with Crippen LogP contribution < -0.4 is 10.9 Å². The molecular weight excluding hydrogens is 497 g/mol. The highest BCUT2D eigenvalue weighted by atomic mass is 19.4. The molecule has 0 saturated carbocycles. The van der Waals surface area contributed by atoms with E-state index in [1.807, 2.05) is 26.0 Å². The molecule has 1 aliphatic rings. The molecule has 0 spiro atoms. The van der Waals surface area contributed by atoms with Gasteiger partial charge in [0, 0.05) is 32.2 Å². The van der Waals surface area contributed by atoms with Gasteiger partial charge in [-0.3, -0.25) is 14.2 Å². The van der Waals surface area contributed by atoms with Crippen molar-refractivity contribution in [1.82, 2.24) is 14.5 Å². The van der Waals surface area contributed by atoms with Crippen molar-refractivity contribution in [3.05, 3.63) is 92.4 Å². The SMILES string of the molecule is CCCn1c(NC(C)c2ccc(C(F)(F)F)cc2)nc2c(c1=O)CN(C(=O)c1ccc(COC)cc1)CC2. The molecule has 1 unspecified atom stereocenters. The summed E-state index contributed by atoms with van der Waals surface area (Å²) < 4.78 is 45.5. The number of anilines is 1. The summed E-state index contributed by atoms with van der Waals surface area (Å²) in [5.41, 5.74) is 2.33. The average Bonchev–Trinajstić information content (AvgIpc) is 2.90. The number of benzene rings is 2. The van der Waals surface area contributed by atoms with Crippen LogP contribution in [0.1, 0.15) is 64.6 Å². The van der Waals surface area contributed by atoms with Gasteiger partial charge >= 0.3 is 6.18 Å². The van der Waals surface area contributed by atoms with Gasteiger partial charge < -0.3 is 15.0 Å². The van der Waals surface area contributed by atoms with Crippen molar-refractivity contribution in [2.45, 2.75) is 58.6 Å². The molecule has 1 aliphatic heterocycles. The Hall–Kier alpha value is -3.66. The van der Waals surface area contributed by atoms with Gasteiger partial charge in [-0.25, -0.2) is 4.98 Å². The van der Waals surface area contributed by atoms with Crippen LogP contribution in [-0.2, 0) is 37.0 Å². The number of alkyl halides is 3. The van der Waals surface area contributed by atoms with Gasteiger partial charge in [0.2, 0.25) is 5.95 Å². The van der Waals surface area contributed by atoms with Crippen LogP contribution in [0, 0.1) is 0 Å². The number of nitrogens with zero attached hydrogens (tertiary/aromatic N) is 3. The van der Waals surface area contributed by atoms with Crippen molar-refractivity contribution in [2.24, 2.45) is 0 Å². The van der Waals surface area contributed by atoms with Gasteiger partial charge in [0.05, 0.1) is 36.0 Å². The van der Waals surface area contributed by atoms with Gasteiger partial charge in [-0.1, -0.05) is 31.2 Å². The summed E-state index contributed by atoms with van der Waals surface area (Å²) in [7, 11) is 1.61. The third-order valence-electron chi connectivity index (χ3n) is 6.65. The lowest BCUT2D eigenvalue weighted by atomic mass is 10.0. The summed E-state index contributed by atoms with van der Waals surface area (Å²) in [5.74, 6) is 0.218. The number of hydrogen-bond donors (Lipinski definition) is 1. The second kappa shape index (κ2) is 11.4. The summed E-state index contributed by atoms with van der Waals surface area (Å²) in [6, 6.07) is 11.8. The fourth-order valence-electron chi connectivity index (χ4n) is 4.56. The predicted octanol–water partition coefficient (Wildman–Crippen LogP) is 5.19. The molecule has 38 heavy (non-hydrogen) atoms. The summed E-state index contributed by atoms with van der Waals surface area (Å²) in [6.45, 7) is 5.21. The van der Waals surface area contributed by atoms with E-state index in [0.717, 1.165) is 17.7 Å². The number of amides is 1. The lowest BCUT2D eigenvalue weighted by Crippen LogP contribution is -2.41. The van der Waals surface area contributed by atoms with Gasteiger partial charge in [-0.05, 0) is 48.7 Å². The van der Waals surface area contributed by atoms with Crippen molar-refractivity contribution in [1.29, 1.82) is 0 Å². The Kier molecular flexibility index (Phi) is 8.20. The van der Waals surface area contributed by atoms with Crippen LogP contribution in [0.3, 0.4) is 0 Å². The minimum atomic E-state index is -4.40. The van der Waals surface area contributed by atoms with E-state index in [2.05, 4.69) is 5.32 Å². The van der Waals surface area contributed by atoms with Crippen molar-refractivity contribution in [2.75, 3.05) is 19.0 Å². The Labute approximate surface area is 219 Å². The lowest BCUT2D eigenvalue weighted by Gasteiger charge is -2.29. The van der Waals surface area contributed by atoms with E-state index in [4.69, 9.17) is 9.72 Å². The third-order valence-corrected chi connectivity index (χ3v) is 6.65. The topological polar surface area (TPSA) is 76.5 Å². The van der Waals surface area contributed by atoms with Gasteiger partial charge in [0.1, 0.15) is 0 Å². The maximum Gasteiger partial charge on any atom is 0.416 e. The number of carbonyl (C=O) groups excluding carboxylic acids is 1. The number of ether oxygens (including phenoxy) is 1. The minimum Gasteiger partial charge on any atom is -0.380 e. The maximum absolute atomic E-state index is 13.5. The van der Waals surface area contributed by atoms with E-state index in [1.54, 1.807) is 28.7 Å². The van der Waals surface area contributed by atoms with Crippen molar-refractivity contribution >= 4 is 11.9 Å². The summed E-state index contributed by atoms with van der Waals surface area (Å²) >= 11 is 0. The molecule has 2 heterocycles. The van der Waals surface area contributed by atoms with Crippen molar-refractivity contribution < 1.29 is 22.7 Å². The highest BCUT2D eigenvalue weighted by Gasteiger charge is 2.30. The molecule has 0 radical (unpaired) electrons. The van der Waals surface area contributed by atoms with Crippen LogP contribution in [0.4, 0.5) is 19.1 Å². The number of rotatable bonds is 8. The van der Waals surface area contributed by atoms with E-state index in [-0.39, 0.29) is 24.1 Å². The largest absolute Gasteiger partial charge is 0.416 e. The number of fused-ring (bicyclic) bond motifs is 1. The van der Waals surface area contributed by atoms with Crippen LogP contribution in [-0.4, -0.2) is 34.0 Å². The zero-order valence-electron chi connectivity index (χ0n) is 21.6. The molecule has 0 aliphatic carbocycles. The van der Waals surface area contributed by atoms with Gasteiger partial charge in [-0.15, -0.1) is 0 Å². The smallest absolute Gasteiger partial charge is 0.380 e. The van der Waals surface area contributed by atoms with Crippen LogP contribution in [0.15, 0.2) is 53.3 Å². The molecule has 2 aromatic carbocycles. The number of hydrogen-bond acceptors (Lipinski definition) is 5. The predicted molar refractivity (Wildman–Crippen MR) is 138 cm³/mol. The average molecular weight is 529 g/mol. The number of halogens is 3. The Morgan fingerprint density at radius 2 is 1.82 bits per heavy atom. The van der Waals surface area contributed by atoms with E-state index >= 15 is 0 Å². The van der Waals surface area contributed by atoms with E-state index in [9.17, 15) is 22.8 Å². The Bertz CT molecular complexity index is 1340. The first-order valence-corrected chi connectivity index (χ1v) is 12.6. The zero-order valence-corrected chi connectivity index (χ0v) is 21.6. The molecule has 202 valence electrons. The summed E-state index contributed by atoms with van der Waals surface area (Å²) in [6.07, 6.45) is -3.30. The highest BCUT2D eigenvalue weighted by molar-refractivity contribution is 5.94. The van der Waals surface area contributed by atoms with E-state index in [1.165, 1.54) is 12.1 Å². The number of methoxy groups -OCH3 is 1. The Morgan fingerprint density at radius 1 is 1.13 bits per heavy atom. The molecule has 3 aromatic rings. The van der Waals surface area contributed by atoms with Crippen LogP contribution >= 0.6 is 0 Å². The fraction of sp³-hybridized carbons (Fsp3) is 0.393. The molecule has 0 fully saturated rings. The monoisotopic (exact) mass is 528 g/mol. The number of carbonyl (C=O) groups is 1. The quantitative estimate of drug-likeness (QED) is 0.436. The summed E-state index contributed by atoms with van der Waals surface area (Å²) in [5, 5.41) is 3.22. The van der Waals surface area contributed by atoms with Gasteiger partial charge in [0.15, 0.2) is 0 Å². The first-order chi connectivity index (χ1) is 18.1.